The highest BCUT2D eigenvalue weighted by Gasteiger charge is 2.18. The number of aryl methyl sites for hydroxylation is 1. The first-order valence-corrected chi connectivity index (χ1v) is 5.89. The molecule has 17 heavy (non-hydrogen) atoms. The first-order valence-electron chi connectivity index (χ1n) is 5.89. The summed E-state index contributed by atoms with van der Waals surface area (Å²) in [6.07, 6.45) is 1.91. The van der Waals surface area contributed by atoms with Crippen LogP contribution in [0.25, 0.3) is 0 Å². The Bertz CT molecular complexity index is 377. The number of nitrogens with zero attached hydrogens (tertiary/aromatic N) is 1. The van der Waals surface area contributed by atoms with E-state index in [-0.39, 0.29) is 12.5 Å². The SMILES string of the molecule is Cc1cccnc1C(NCCC(=O)O)C(C)C. The molecule has 0 spiro atoms. The van der Waals surface area contributed by atoms with Crippen LogP contribution in [-0.4, -0.2) is 22.6 Å². The van der Waals surface area contributed by atoms with E-state index in [1.165, 1.54) is 0 Å². The third kappa shape index (κ3) is 4.15. The molecule has 1 aromatic rings. The monoisotopic (exact) mass is 236 g/mol. The van der Waals surface area contributed by atoms with Crippen molar-refractivity contribution in [1.82, 2.24) is 10.3 Å². The minimum absolute atomic E-state index is 0.107. The number of hydrogen-bond donors (Lipinski definition) is 2. The second-order valence-corrected chi connectivity index (χ2v) is 4.53. The van der Waals surface area contributed by atoms with Gasteiger partial charge in [0.2, 0.25) is 0 Å². The van der Waals surface area contributed by atoms with E-state index >= 15 is 0 Å². The predicted molar refractivity (Wildman–Crippen MR) is 66.8 cm³/mol. The van der Waals surface area contributed by atoms with Gasteiger partial charge in [-0.15, -0.1) is 0 Å². The summed E-state index contributed by atoms with van der Waals surface area (Å²) < 4.78 is 0. The lowest BCUT2D eigenvalue weighted by molar-refractivity contribution is -0.136. The van der Waals surface area contributed by atoms with Gasteiger partial charge >= 0.3 is 5.97 Å². The molecule has 1 aromatic heterocycles. The van der Waals surface area contributed by atoms with Crippen molar-refractivity contribution in [2.75, 3.05) is 6.54 Å². The number of rotatable bonds is 6. The highest BCUT2D eigenvalue weighted by atomic mass is 16.4. The van der Waals surface area contributed by atoms with Gasteiger partial charge in [0, 0.05) is 12.7 Å². The van der Waals surface area contributed by atoms with Crippen LogP contribution in [0.3, 0.4) is 0 Å². The van der Waals surface area contributed by atoms with Crippen LogP contribution in [0.2, 0.25) is 0 Å². The first-order chi connectivity index (χ1) is 8.02. The second-order valence-electron chi connectivity index (χ2n) is 4.53. The second kappa shape index (κ2) is 6.35. The topological polar surface area (TPSA) is 62.2 Å². The molecule has 4 nitrogen and oxygen atoms in total. The Balaban J connectivity index is 2.73. The summed E-state index contributed by atoms with van der Waals surface area (Å²) in [5.41, 5.74) is 2.14. The molecule has 2 N–H and O–H groups in total. The van der Waals surface area contributed by atoms with Crippen LogP contribution in [0, 0.1) is 12.8 Å². The maximum absolute atomic E-state index is 10.5. The third-order valence-electron chi connectivity index (χ3n) is 2.71. The highest BCUT2D eigenvalue weighted by molar-refractivity contribution is 5.66. The molecule has 4 heteroatoms. The molecule has 0 saturated heterocycles. The highest BCUT2D eigenvalue weighted by Crippen LogP contribution is 2.22. The maximum atomic E-state index is 10.5. The van der Waals surface area contributed by atoms with Crippen molar-refractivity contribution in [2.24, 2.45) is 5.92 Å². The van der Waals surface area contributed by atoms with Crippen LogP contribution in [0.4, 0.5) is 0 Å². The molecule has 0 aliphatic carbocycles. The zero-order valence-electron chi connectivity index (χ0n) is 10.6. The molecule has 0 bridgehead atoms. The van der Waals surface area contributed by atoms with Gasteiger partial charge in [-0.1, -0.05) is 19.9 Å². The van der Waals surface area contributed by atoms with E-state index in [0.29, 0.717) is 12.5 Å². The molecular weight excluding hydrogens is 216 g/mol. The molecule has 1 atom stereocenters. The molecule has 1 unspecified atom stereocenters. The van der Waals surface area contributed by atoms with E-state index < -0.39 is 5.97 Å². The van der Waals surface area contributed by atoms with E-state index in [2.05, 4.69) is 24.1 Å². The van der Waals surface area contributed by atoms with Gasteiger partial charge < -0.3 is 10.4 Å². The van der Waals surface area contributed by atoms with Crippen LogP contribution in [0.5, 0.6) is 0 Å². The normalized spacial score (nSPS) is 12.7. The van der Waals surface area contributed by atoms with Crippen molar-refractivity contribution >= 4 is 5.97 Å². The van der Waals surface area contributed by atoms with Crippen molar-refractivity contribution in [2.45, 2.75) is 33.2 Å². The molecule has 0 radical (unpaired) electrons. The summed E-state index contributed by atoms with van der Waals surface area (Å²) in [4.78, 5) is 14.9. The maximum Gasteiger partial charge on any atom is 0.304 e. The van der Waals surface area contributed by atoms with Crippen LogP contribution >= 0.6 is 0 Å². The average molecular weight is 236 g/mol. The van der Waals surface area contributed by atoms with Crippen molar-refractivity contribution in [1.29, 1.82) is 0 Å². The fourth-order valence-electron chi connectivity index (χ4n) is 1.81. The van der Waals surface area contributed by atoms with Crippen LogP contribution in [0.15, 0.2) is 18.3 Å². The minimum atomic E-state index is -0.780. The molecule has 0 aromatic carbocycles. The first kappa shape index (κ1) is 13.6. The number of carboxylic acids is 1. The summed E-state index contributed by atoms with van der Waals surface area (Å²) in [6.45, 7) is 6.70. The Morgan fingerprint density at radius 2 is 2.24 bits per heavy atom. The molecule has 94 valence electrons. The predicted octanol–water partition coefficient (Wildman–Crippen LogP) is 2.15. The quantitative estimate of drug-likeness (QED) is 0.794. The summed E-state index contributed by atoms with van der Waals surface area (Å²) in [6, 6.07) is 4.04. The molecule has 0 amide bonds. The van der Waals surface area contributed by atoms with Crippen molar-refractivity contribution in [3.8, 4) is 0 Å². The van der Waals surface area contributed by atoms with E-state index in [4.69, 9.17) is 5.11 Å². The number of aliphatic carboxylic acids is 1. The Kier molecular flexibility index (Phi) is 5.10. The largest absolute Gasteiger partial charge is 0.481 e. The lowest BCUT2D eigenvalue weighted by Crippen LogP contribution is -2.29. The molecule has 0 aliphatic rings. The molecule has 0 aliphatic heterocycles. The van der Waals surface area contributed by atoms with E-state index in [1.807, 2.05) is 19.1 Å². The van der Waals surface area contributed by atoms with Crippen LogP contribution in [0.1, 0.15) is 37.6 Å². The smallest absolute Gasteiger partial charge is 0.304 e. The number of pyridine rings is 1. The summed E-state index contributed by atoms with van der Waals surface area (Å²) in [5, 5.41) is 11.9. The van der Waals surface area contributed by atoms with Gasteiger partial charge in [-0.3, -0.25) is 9.78 Å². The number of hydrogen-bond acceptors (Lipinski definition) is 3. The number of carboxylic acid groups (broad SMARTS) is 1. The lowest BCUT2D eigenvalue weighted by Gasteiger charge is -2.23. The summed E-state index contributed by atoms with van der Waals surface area (Å²) in [7, 11) is 0. The van der Waals surface area contributed by atoms with Gasteiger partial charge in [-0.2, -0.15) is 0 Å². The van der Waals surface area contributed by atoms with Crippen molar-refractivity contribution in [3.63, 3.8) is 0 Å². The summed E-state index contributed by atoms with van der Waals surface area (Å²) >= 11 is 0. The van der Waals surface area contributed by atoms with E-state index in [0.717, 1.165) is 11.3 Å². The van der Waals surface area contributed by atoms with Crippen molar-refractivity contribution < 1.29 is 9.90 Å². The van der Waals surface area contributed by atoms with Gasteiger partial charge in [0.25, 0.3) is 0 Å². The van der Waals surface area contributed by atoms with Gasteiger partial charge in [0.15, 0.2) is 0 Å². The Hall–Kier alpha value is -1.42. The van der Waals surface area contributed by atoms with Gasteiger partial charge in [-0.05, 0) is 24.5 Å². The zero-order chi connectivity index (χ0) is 12.8. The summed E-state index contributed by atoms with van der Waals surface area (Å²) in [5.74, 6) is -0.407. The fraction of sp³-hybridized carbons (Fsp3) is 0.538. The van der Waals surface area contributed by atoms with Gasteiger partial charge in [0.05, 0.1) is 18.2 Å². The van der Waals surface area contributed by atoms with Gasteiger partial charge in [-0.25, -0.2) is 0 Å². The number of carbonyl (C=O) groups is 1. The number of nitrogens with one attached hydrogen (secondary N) is 1. The minimum Gasteiger partial charge on any atom is -0.481 e. The standard InChI is InChI=1S/C13H20N2O2/c1-9(2)12(15-8-6-11(16)17)13-10(3)5-4-7-14-13/h4-5,7,9,12,15H,6,8H2,1-3H3,(H,16,17). The van der Waals surface area contributed by atoms with Crippen LogP contribution < -0.4 is 5.32 Å². The molecular formula is C13H20N2O2. The van der Waals surface area contributed by atoms with E-state index in [9.17, 15) is 4.79 Å². The van der Waals surface area contributed by atoms with Crippen molar-refractivity contribution in [3.05, 3.63) is 29.6 Å². The Labute approximate surface area is 102 Å². The lowest BCUT2D eigenvalue weighted by atomic mass is 9.97. The average Bonchev–Trinajstić information content (AvgIpc) is 2.25. The zero-order valence-corrected chi connectivity index (χ0v) is 10.6. The molecule has 1 rings (SSSR count). The molecule has 0 fully saturated rings. The molecule has 0 saturated carbocycles. The molecule has 1 heterocycles. The number of aromatic nitrogens is 1. The Morgan fingerprint density at radius 3 is 2.76 bits per heavy atom. The van der Waals surface area contributed by atoms with Crippen LogP contribution in [-0.2, 0) is 4.79 Å². The Morgan fingerprint density at radius 1 is 1.53 bits per heavy atom. The fourth-order valence-corrected chi connectivity index (χ4v) is 1.81. The third-order valence-corrected chi connectivity index (χ3v) is 2.71. The van der Waals surface area contributed by atoms with Gasteiger partial charge in [0.1, 0.15) is 0 Å². The van der Waals surface area contributed by atoms with E-state index in [1.54, 1.807) is 6.20 Å².